The Kier molecular flexibility index (Phi) is 4.60. The van der Waals surface area contributed by atoms with Crippen molar-refractivity contribution < 1.29 is 0 Å². The number of rotatable bonds is 6. The van der Waals surface area contributed by atoms with E-state index in [0.29, 0.717) is 0 Å². The zero-order valence-corrected chi connectivity index (χ0v) is 13.2. The highest BCUT2D eigenvalue weighted by atomic mass is 79.9. The Labute approximate surface area is 125 Å². The fourth-order valence-electron chi connectivity index (χ4n) is 3.39. The minimum Gasteiger partial charge on any atom is -0.314 e. The molecule has 0 amide bonds. The zero-order chi connectivity index (χ0) is 13.1. The molecule has 0 saturated heterocycles. The fourth-order valence-corrected chi connectivity index (χ4v) is 3.83. The van der Waals surface area contributed by atoms with Crippen LogP contribution in [0.4, 0.5) is 0 Å². The molecule has 19 heavy (non-hydrogen) atoms. The van der Waals surface area contributed by atoms with Gasteiger partial charge in [0.05, 0.1) is 0 Å². The quantitative estimate of drug-likeness (QED) is 0.810. The van der Waals surface area contributed by atoms with Gasteiger partial charge in [0.15, 0.2) is 0 Å². The topological polar surface area (TPSA) is 12.0 Å². The molecule has 1 unspecified atom stereocenters. The Balaban J connectivity index is 1.64. The molecule has 2 heteroatoms. The Morgan fingerprint density at radius 2 is 1.84 bits per heavy atom. The van der Waals surface area contributed by atoms with Gasteiger partial charge in [-0.2, -0.15) is 0 Å². The highest BCUT2D eigenvalue weighted by Crippen LogP contribution is 2.34. The van der Waals surface area contributed by atoms with E-state index < -0.39 is 0 Å². The number of benzene rings is 1. The maximum atomic E-state index is 3.76. The van der Waals surface area contributed by atoms with E-state index in [1.54, 1.807) is 0 Å². The molecule has 0 aromatic heterocycles. The van der Waals surface area contributed by atoms with Crippen LogP contribution in [0.1, 0.15) is 44.1 Å². The second kappa shape index (κ2) is 6.41. The second-order valence-corrected chi connectivity index (χ2v) is 7.14. The lowest BCUT2D eigenvalue weighted by atomic mass is 9.85. The molecule has 1 N–H and O–H groups in total. The van der Waals surface area contributed by atoms with Crippen molar-refractivity contribution in [2.75, 3.05) is 6.54 Å². The lowest BCUT2D eigenvalue weighted by Gasteiger charge is -2.24. The van der Waals surface area contributed by atoms with Crippen molar-refractivity contribution >= 4 is 15.9 Å². The molecule has 2 aliphatic rings. The molecule has 0 spiro atoms. The van der Waals surface area contributed by atoms with Gasteiger partial charge in [-0.15, -0.1) is 0 Å². The molecule has 2 aliphatic carbocycles. The Morgan fingerprint density at radius 1 is 1.11 bits per heavy atom. The SMILES string of the molecule is Brc1ccccc1CC(CNC1CC1)C1CCCC1. The zero-order valence-electron chi connectivity index (χ0n) is 11.6. The normalized spacial score (nSPS) is 21.7. The van der Waals surface area contributed by atoms with Gasteiger partial charge < -0.3 is 5.32 Å². The summed E-state index contributed by atoms with van der Waals surface area (Å²) in [5.41, 5.74) is 1.48. The molecule has 3 rings (SSSR count). The van der Waals surface area contributed by atoms with Gasteiger partial charge in [-0.1, -0.05) is 59.8 Å². The molecular weight excluding hydrogens is 298 g/mol. The molecule has 0 heterocycles. The van der Waals surface area contributed by atoms with Crippen LogP contribution in [0.15, 0.2) is 28.7 Å². The Bertz CT molecular complexity index is 407. The lowest BCUT2D eigenvalue weighted by molar-refractivity contribution is 0.320. The molecule has 1 aromatic rings. The third kappa shape index (κ3) is 3.82. The minimum atomic E-state index is 0.821. The minimum absolute atomic E-state index is 0.821. The number of hydrogen-bond donors (Lipinski definition) is 1. The average Bonchev–Trinajstić information content (AvgIpc) is 3.09. The van der Waals surface area contributed by atoms with Crippen molar-refractivity contribution in [3.8, 4) is 0 Å². The third-order valence-electron chi connectivity index (χ3n) is 4.75. The third-order valence-corrected chi connectivity index (χ3v) is 5.53. The van der Waals surface area contributed by atoms with Crippen molar-refractivity contribution in [2.24, 2.45) is 11.8 Å². The Morgan fingerprint density at radius 3 is 2.53 bits per heavy atom. The van der Waals surface area contributed by atoms with Crippen LogP contribution in [0.25, 0.3) is 0 Å². The standard InChI is InChI=1S/C17H24BrN/c18-17-8-4-3-7-14(17)11-15(12-19-16-9-10-16)13-5-1-2-6-13/h3-4,7-8,13,15-16,19H,1-2,5-6,9-12H2. The van der Waals surface area contributed by atoms with Crippen LogP contribution >= 0.6 is 15.9 Å². The first-order valence-corrected chi connectivity index (χ1v) is 8.59. The summed E-state index contributed by atoms with van der Waals surface area (Å²) in [7, 11) is 0. The highest BCUT2D eigenvalue weighted by Gasteiger charge is 2.28. The van der Waals surface area contributed by atoms with E-state index in [1.165, 1.54) is 61.5 Å². The Hall–Kier alpha value is -0.340. The largest absolute Gasteiger partial charge is 0.314 e. The summed E-state index contributed by atoms with van der Waals surface area (Å²) < 4.78 is 1.28. The summed E-state index contributed by atoms with van der Waals surface area (Å²) in [4.78, 5) is 0. The van der Waals surface area contributed by atoms with Crippen LogP contribution in [0.2, 0.25) is 0 Å². The fraction of sp³-hybridized carbons (Fsp3) is 0.647. The highest BCUT2D eigenvalue weighted by molar-refractivity contribution is 9.10. The molecule has 0 bridgehead atoms. The molecule has 0 aliphatic heterocycles. The summed E-state index contributed by atoms with van der Waals surface area (Å²) in [5.74, 6) is 1.76. The van der Waals surface area contributed by atoms with E-state index in [0.717, 1.165) is 17.9 Å². The van der Waals surface area contributed by atoms with Crippen LogP contribution < -0.4 is 5.32 Å². The van der Waals surface area contributed by atoms with Crippen molar-refractivity contribution in [1.82, 2.24) is 5.32 Å². The molecular formula is C17H24BrN. The van der Waals surface area contributed by atoms with Gasteiger partial charge in [-0.3, -0.25) is 0 Å². The lowest BCUT2D eigenvalue weighted by Crippen LogP contribution is -2.30. The first-order chi connectivity index (χ1) is 9.33. The van der Waals surface area contributed by atoms with Crippen LogP contribution in [0.3, 0.4) is 0 Å². The van der Waals surface area contributed by atoms with E-state index in [-0.39, 0.29) is 0 Å². The van der Waals surface area contributed by atoms with E-state index >= 15 is 0 Å². The van der Waals surface area contributed by atoms with Gasteiger partial charge >= 0.3 is 0 Å². The molecule has 2 fully saturated rings. The maximum absolute atomic E-state index is 3.76. The summed E-state index contributed by atoms with van der Waals surface area (Å²) in [6.07, 6.45) is 9.80. The van der Waals surface area contributed by atoms with Crippen LogP contribution in [0.5, 0.6) is 0 Å². The summed E-state index contributed by atoms with van der Waals surface area (Å²) in [6.45, 7) is 1.22. The van der Waals surface area contributed by atoms with Crippen molar-refractivity contribution in [3.63, 3.8) is 0 Å². The van der Waals surface area contributed by atoms with E-state index in [1.807, 2.05) is 0 Å². The number of halogens is 1. The predicted molar refractivity (Wildman–Crippen MR) is 84.3 cm³/mol. The van der Waals surface area contributed by atoms with Crippen molar-refractivity contribution in [2.45, 2.75) is 51.0 Å². The average molecular weight is 322 g/mol. The van der Waals surface area contributed by atoms with Crippen LogP contribution in [-0.4, -0.2) is 12.6 Å². The van der Waals surface area contributed by atoms with Crippen molar-refractivity contribution in [1.29, 1.82) is 0 Å². The molecule has 1 nitrogen and oxygen atoms in total. The monoisotopic (exact) mass is 321 g/mol. The van der Waals surface area contributed by atoms with Gasteiger partial charge in [0.1, 0.15) is 0 Å². The summed E-state index contributed by atoms with van der Waals surface area (Å²) in [6, 6.07) is 9.57. The van der Waals surface area contributed by atoms with Gasteiger partial charge in [-0.25, -0.2) is 0 Å². The van der Waals surface area contributed by atoms with Crippen LogP contribution in [0, 0.1) is 11.8 Å². The first-order valence-electron chi connectivity index (χ1n) is 7.79. The predicted octanol–water partition coefficient (Wildman–Crippen LogP) is 4.55. The first kappa shape index (κ1) is 13.6. The van der Waals surface area contributed by atoms with Crippen molar-refractivity contribution in [3.05, 3.63) is 34.3 Å². The second-order valence-electron chi connectivity index (χ2n) is 6.28. The molecule has 104 valence electrons. The smallest absolute Gasteiger partial charge is 0.0207 e. The van der Waals surface area contributed by atoms with E-state index in [2.05, 4.69) is 45.5 Å². The number of nitrogens with one attached hydrogen (secondary N) is 1. The summed E-state index contributed by atoms with van der Waals surface area (Å²) >= 11 is 3.71. The van der Waals surface area contributed by atoms with Gasteiger partial charge in [0.25, 0.3) is 0 Å². The molecule has 1 atom stereocenters. The number of hydrogen-bond acceptors (Lipinski definition) is 1. The van der Waals surface area contributed by atoms with Crippen LogP contribution in [-0.2, 0) is 6.42 Å². The van der Waals surface area contributed by atoms with Gasteiger partial charge in [0.2, 0.25) is 0 Å². The van der Waals surface area contributed by atoms with E-state index in [4.69, 9.17) is 0 Å². The molecule has 0 radical (unpaired) electrons. The van der Waals surface area contributed by atoms with E-state index in [9.17, 15) is 0 Å². The summed E-state index contributed by atoms with van der Waals surface area (Å²) in [5, 5.41) is 3.76. The maximum Gasteiger partial charge on any atom is 0.0207 e. The molecule has 1 aromatic carbocycles. The molecule has 2 saturated carbocycles. The van der Waals surface area contributed by atoms with Gasteiger partial charge in [-0.05, 0) is 49.3 Å². The van der Waals surface area contributed by atoms with Gasteiger partial charge in [0, 0.05) is 10.5 Å².